The molecule has 0 bridgehead atoms. The molecule has 4 nitrogen and oxygen atoms in total. The van der Waals surface area contributed by atoms with E-state index in [9.17, 15) is 0 Å². The molecule has 0 spiro atoms. The molecule has 2 unspecified atom stereocenters. The minimum absolute atomic E-state index is 0.410. The Morgan fingerprint density at radius 1 is 0.696 bits per heavy atom. The van der Waals surface area contributed by atoms with E-state index in [0.29, 0.717) is 12.2 Å². The molecule has 2 fully saturated rings. The van der Waals surface area contributed by atoms with Gasteiger partial charge in [0.2, 0.25) is 0 Å². The standard InChI is InChI=1S/C19H22N2O2/c1-5-16(20-10-18-12-22-18)6-2-14(1)9-15-3-7-17(8-4-15)21-11-19-13-23-19/h1-8,18-21H,9-13H2. The molecule has 2 aliphatic rings. The smallest absolute Gasteiger partial charge is 0.0981 e. The molecule has 0 aliphatic carbocycles. The summed E-state index contributed by atoms with van der Waals surface area (Å²) in [7, 11) is 0. The summed E-state index contributed by atoms with van der Waals surface area (Å²) < 4.78 is 10.4. The largest absolute Gasteiger partial charge is 0.382 e. The topological polar surface area (TPSA) is 49.1 Å². The number of rotatable bonds is 8. The van der Waals surface area contributed by atoms with Gasteiger partial charge in [0.1, 0.15) is 0 Å². The molecular formula is C19H22N2O2. The molecule has 0 saturated carbocycles. The first-order valence-corrected chi connectivity index (χ1v) is 8.24. The third-order valence-corrected chi connectivity index (χ3v) is 4.19. The van der Waals surface area contributed by atoms with Crippen molar-refractivity contribution in [1.29, 1.82) is 0 Å². The maximum absolute atomic E-state index is 5.20. The van der Waals surface area contributed by atoms with Gasteiger partial charge in [-0.2, -0.15) is 0 Å². The van der Waals surface area contributed by atoms with Crippen molar-refractivity contribution in [2.45, 2.75) is 18.6 Å². The molecule has 0 aromatic heterocycles. The summed E-state index contributed by atoms with van der Waals surface area (Å²) in [6.07, 6.45) is 1.78. The molecule has 23 heavy (non-hydrogen) atoms. The van der Waals surface area contributed by atoms with Crippen molar-refractivity contribution < 1.29 is 9.47 Å². The first kappa shape index (κ1) is 14.5. The van der Waals surface area contributed by atoms with Crippen molar-refractivity contribution in [3.8, 4) is 0 Å². The third kappa shape index (κ3) is 4.47. The Kier molecular flexibility index (Phi) is 4.18. The number of hydrogen-bond donors (Lipinski definition) is 2. The highest BCUT2D eigenvalue weighted by Gasteiger charge is 2.22. The van der Waals surface area contributed by atoms with Gasteiger partial charge in [0, 0.05) is 24.5 Å². The highest BCUT2D eigenvalue weighted by molar-refractivity contribution is 5.47. The SMILES string of the molecule is c1cc(NCC2CO2)ccc1Cc1ccc(NCC2CO2)cc1. The monoisotopic (exact) mass is 310 g/mol. The van der Waals surface area contributed by atoms with E-state index in [1.54, 1.807) is 0 Å². The lowest BCUT2D eigenvalue weighted by molar-refractivity contribution is 0.416. The Hall–Kier alpha value is -2.04. The maximum Gasteiger partial charge on any atom is 0.0981 e. The van der Waals surface area contributed by atoms with Gasteiger partial charge in [-0.15, -0.1) is 0 Å². The fraction of sp³-hybridized carbons (Fsp3) is 0.368. The first-order chi connectivity index (χ1) is 11.3. The van der Waals surface area contributed by atoms with Crippen LogP contribution in [-0.4, -0.2) is 38.5 Å². The first-order valence-electron chi connectivity index (χ1n) is 8.24. The summed E-state index contributed by atoms with van der Waals surface area (Å²) in [5, 5.41) is 6.78. The zero-order valence-corrected chi connectivity index (χ0v) is 13.1. The molecule has 4 rings (SSSR count). The van der Waals surface area contributed by atoms with Crippen LogP contribution in [0.4, 0.5) is 11.4 Å². The molecule has 0 radical (unpaired) electrons. The molecule has 0 amide bonds. The van der Waals surface area contributed by atoms with Gasteiger partial charge in [0.25, 0.3) is 0 Å². The summed E-state index contributed by atoms with van der Waals surface area (Å²) in [5.74, 6) is 0. The van der Waals surface area contributed by atoms with E-state index in [1.807, 2.05) is 0 Å². The number of nitrogens with one attached hydrogen (secondary N) is 2. The number of epoxide rings is 2. The Bertz CT molecular complexity index is 574. The second-order valence-corrected chi connectivity index (χ2v) is 6.24. The van der Waals surface area contributed by atoms with E-state index >= 15 is 0 Å². The lowest BCUT2D eigenvalue weighted by Gasteiger charge is -2.08. The van der Waals surface area contributed by atoms with Gasteiger partial charge >= 0.3 is 0 Å². The Morgan fingerprint density at radius 2 is 1.09 bits per heavy atom. The fourth-order valence-corrected chi connectivity index (χ4v) is 2.55. The van der Waals surface area contributed by atoms with Gasteiger partial charge in [0.15, 0.2) is 0 Å². The van der Waals surface area contributed by atoms with E-state index in [2.05, 4.69) is 59.2 Å². The van der Waals surface area contributed by atoms with Gasteiger partial charge in [-0.25, -0.2) is 0 Å². The molecule has 2 aromatic carbocycles. The van der Waals surface area contributed by atoms with Gasteiger partial charge in [-0.05, 0) is 41.8 Å². The van der Waals surface area contributed by atoms with Gasteiger partial charge in [0.05, 0.1) is 25.4 Å². The predicted molar refractivity (Wildman–Crippen MR) is 92.1 cm³/mol. The molecule has 4 heteroatoms. The van der Waals surface area contributed by atoms with Crippen molar-refractivity contribution >= 4 is 11.4 Å². The molecule has 2 aliphatic heterocycles. The van der Waals surface area contributed by atoms with Crippen molar-refractivity contribution in [3.63, 3.8) is 0 Å². The summed E-state index contributed by atoms with van der Waals surface area (Å²) >= 11 is 0. The van der Waals surface area contributed by atoms with Crippen LogP contribution in [0.1, 0.15) is 11.1 Å². The van der Waals surface area contributed by atoms with Crippen LogP contribution in [0.3, 0.4) is 0 Å². The lowest BCUT2D eigenvalue weighted by Crippen LogP contribution is -2.07. The highest BCUT2D eigenvalue weighted by Crippen LogP contribution is 2.18. The minimum Gasteiger partial charge on any atom is -0.382 e. The zero-order valence-electron chi connectivity index (χ0n) is 13.1. The van der Waals surface area contributed by atoms with Crippen LogP contribution in [0.5, 0.6) is 0 Å². The number of hydrogen-bond acceptors (Lipinski definition) is 4. The van der Waals surface area contributed by atoms with Gasteiger partial charge in [-0.1, -0.05) is 24.3 Å². The predicted octanol–water partition coefficient (Wildman–Crippen LogP) is 2.90. The Labute approximate surface area is 136 Å². The summed E-state index contributed by atoms with van der Waals surface area (Å²) in [5.41, 5.74) is 4.97. The van der Waals surface area contributed by atoms with Crippen LogP contribution >= 0.6 is 0 Å². The van der Waals surface area contributed by atoms with Crippen molar-refractivity contribution in [1.82, 2.24) is 0 Å². The van der Waals surface area contributed by atoms with E-state index in [1.165, 1.54) is 11.1 Å². The second-order valence-electron chi connectivity index (χ2n) is 6.24. The average Bonchev–Trinajstić information content (AvgIpc) is 3.48. The van der Waals surface area contributed by atoms with Crippen LogP contribution in [0.2, 0.25) is 0 Å². The Balaban J connectivity index is 1.29. The summed E-state index contributed by atoms with van der Waals surface area (Å²) in [6, 6.07) is 17.3. The van der Waals surface area contributed by atoms with Crippen LogP contribution in [0, 0.1) is 0 Å². The van der Waals surface area contributed by atoms with Crippen molar-refractivity contribution in [3.05, 3.63) is 59.7 Å². The van der Waals surface area contributed by atoms with Crippen molar-refractivity contribution in [2.75, 3.05) is 36.9 Å². The lowest BCUT2D eigenvalue weighted by atomic mass is 10.0. The normalized spacial score (nSPS) is 21.7. The molecule has 2 aromatic rings. The molecule has 2 saturated heterocycles. The van der Waals surface area contributed by atoms with E-state index in [4.69, 9.17) is 9.47 Å². The second kappa shape index (κ2) is 6.60. The van der Waals surface area contributed by atoms with Crippen LogP contribution in [-0.2, 0) is 15.9 Å². The van der Waals surface area contributed by atoms with E-state index in [-0.39, 0.29) is 0 Å². The number of benzene rings is 2. The average molecular weight is 310 g/mol. The number of ether oxygens (including phenoxy) is 2. The molecule has 2 atom stereocenters. The minimum atomic E-state index is 0.410. The quantitative estimate of drug-likeness (QED) is 0.736. The highest BCUT2D eigenvalue weighted by atomic mass is 16.6. The Morgan fingerprint density at radius 3 is 1.43 bits per heavy atom. The summed E-state index contributed by atoms with van der Waals surface area (Å²) in [4.78, 5) is 0. The molecule has 2 heterocycles. The third-order valence-electron chi connectivity index (χ3n) is 4.19. The summed E-state index contributed by atoms with van der Waals surface area (Å²) in [6.45, 7) is 3.59. The van der Waals surface area contributed by atoms with E-state index < -0.39 is 0 Å². The van der Waals surface area contributed by atoms with Crippen LogP contribution < -0.4 is 10.6 Å². The molecule has 120 valence electrons. The van der Waals surface area contributed by atoms with E-state index in [0.717, 1.165) is 44.1 Å². The van der Waals surface area contributed by atoms with Crippen LogP contribution in [0.25, 0.3) is 0 Å². The molecule has 2 N–H and O–H groups in total. The molecular weight excluding hydrogens is 288 g/mol. The van der Waals surface area contributed by atoms with Crippen LogP contribution in [0.15, 0.2) is 48.5 Å². The van der Waals surface area contributed by atoms with Crippen molar-refractivity contribution in [2.24, 2.45) is 0 Å². The number of anilines is 2. The van der Waals surface area contributed by atoms with Gasteiger partial charge in [-0.3, -0.25) is 0 Å². The maximum atomic E-state index is 5.20. The fourth-order valence-electron chi connectivity index (χ4n) is 2.55. The van der Waals surface area contributed by atoms with Gasteiger partial charge < -0.3 is 20.1 Å². The zero-order chi connectivity index (χ0) is 15.5.